The summed E-state index contributed by atoms with van der Waals surface area (Å²) in [6.45, 7) is 8.45. The van der Waals surface area contributed by atoms with Crippen molar-refractivity contribution >= 4 is 21.4 Å². The van der Waals surface area contributed by atoms with E-state index in [1.165, 1.54) is 11.1 Å². The lowest BCUT2D eigenvalue weighted by Gasteiger charge is -2.33. The largest absolute Gasteiger partial charge is 0.326 e. The van der Waals surface area contributed by atoms with Gasteiger partial charge in [-0.05, 0) is 106 Å². The Bertz CT molecular complexity index is 1080. The molecule has 1 saturated carbocycles. The third kappa shape index (κ3) is 5.49. The topological polar surface area (TPSA) is 66.5 Å². The molecule has 2 fully saturated rings. The van der Waals surface area contributed by atoms with Crippen LogP contribution < -0.4 is 5.32 Å². The number of benzene rings is 2. The summed E-state index contributed by atoms with van der Waals surface area (Å²) >= 11 is 0. The van der Waals surface area contributed by atoms with E-state index in [0.29, 0.717) is 10.8 Å². The molecule has 33 heavy (non-hydrogen) atoms. The highest BCUT2D eigenvalue weighted by molar-refractivity contribution is 7.92. The SMILES string of the molecule is Cc1ccc(NC(=O)C2CCC2)cc1C1CCN(Cc2ccc(S(=O)(=O)C(C)C)cc2)CC1. The molecule has 0 bridgehead atoms. The Labute approximate surface area is 198 Å². The molecule has 4 rings (SSSR count). The number of nitrogens with zero attached hydrogens (tertiary/aromatic N) is 1. The molecule has 1 heterocycles. The Morgan fingerprint density at radius 2 is 1.70 bits per heavy atom. The lowest BCUT2D eigenvalue weighted by Crippen LogP contribution is -2.32. The number of sulfone groups is 1. The fraction of sp³-hybridized carbons (Fsp3) is 0.519. The second-order valence-corrected chi connectivity index (χ2v) is 12.5. The normalized spacial score (nSPS) is 18.3. The van der Waals surface area contributed by atoms with Gasteiger partial charge in [0.15, 0.2) is 9.84 Å². The molecule has 0 radical (unpaired) electrons. The van der Waals surface area contributed by atoms with Gasteiger partial charge in [0.05, 0.1) is 10.1 Å². The van der Waals surface area contributed by atoms with Crippen LogP contribution in [0, 0.1) is 12.8 Å². The van der Waals surface area contributed by atoms with Crippen LogP contribution in [0.4, 0.5) is 5.69 Å². The summed E-state index contributed by atoms with van der Waals surface area (Å²) in [6, 6.07) is 13.7. The van der Waals surface area contributed by atoms with E-state index in [1.807, 2.05) is 18.2 Å². The fourth-order valence-corrected chi connectivity index (χ4v) is 5.85. The molecule has 2 aliphatic rings. The monoisotopic (exact) mass is 468 g/mol. The predicted octanol–water partition coefficient (Wildman–Crippen LogP) is 5.30. The molecule has 0 unspecified atom stereocenters. The molecular weight excluding hydrogens is 432 g/mol. The van der Waals surface area contributed by atoms with Crippen molar-refractivity contribution in [2.45, 2.75) is 75.5 Å². The van der Waals surface area contributed by atoms with Gasteiger partial charge in [0.25, 0.3) is 0 Å². The van der Waals surface area contributed by atoms with Crippen LogP contribution in [0.3, 0.4) is 0 Å². The number of nitrogens with one attached hydrogen (secondary N) is 1. The minimum atomic E-state index is -3.22. The van der Waals surface area contributed by atoms with Crippen LogP contribution >= 0.6 is 0 Å². The van der Waals surface area contributed by atoms with Crippen molar-refractivity contribution < 1.29 is 13.2 Å². The van der Waals surface area contributed by atoms with E-state index in [9.17, 15) is 13.2 Å². The van der Waals surface area contributed by atoms with Crippen LogP contribution in [0.5, 0.6) is 0 Å². The average Bonchev–Trinajstić information content (AvgIpc) is 2.75. The molecule has 2 aromatic rings. The van der Waals surface area contributed by atoms with Crippen molar-refractivity contribution in [2.75, 3.05) is 18.4 Å². The highest BCUT2D eigenvalue weighted by atomic mass is 32.2. The number of piperidine rings is 1. The quantitative estimate of drug-likeness (QED) is 0.599. The number of carbonyl (C=O) groups excluding carboxylic acids is 1. The Kier molecular flexibility index (Phi) is 7.25. The summed E-state index contributed by atoms with van der Waals surface area (Å²) in [4.78, 5) is 15.2. The highest BCUT2D eigenvalue weighted by Gasteiger charge is 2.26. The molecule has 0 spiro atoms. The maximum atomic E-state index is 12.3. The molecule has 178 valence electrons. The predicted molar refractivity (Wildman–Crippen MR) is 133 cm³/mol. The lowest BCUT2D eigenvalue weighted by molar-refractivity contribution is -0.122. The fourth-order valence-electron chi connectivity index (χ4n) is 4.79. The first-order valence-electron chi connectivity index (χ1n) is 12.2. The average molecular weight is 469 g/mol. The molecule has 1 aliphatic carbocycles. The van der Waals surface area contributed by atoms with Gasteiger partial charge in [-0.1, -0.05) is 24.6 Å². The number of rotatable bonds is 7. The van der Waals surface area contributed by atoms with E-state index in [0.717, 1.165) is 63.0 Å². The van der Waals surface area contributed by atoms with Crippen LogP contribution in [0.15, 0.2) is 47.4 Å². The van der Waals surface area contributed by atoms with Gasteiger partial charge in [0.2, 0.25) is 5.91 Å². The lowest BCUT2D eigenvalue weighted by atomic mass is 9.84. The number of aryl methyl sites for hydroxylation is 1. The summed E-state index contributed by atoms with van der Waals surface area (Å²) in [5, 5.41) is 2.72. The van der Waals surface area contributed by atoms with E-state index in [4.69, 9.17) is 0 Å². The smallest absolute Gasteiger partial charge is 0.227 e. The second kappa shape index (κ2) is 9.98. The van der Waals surface area contributed by atoms with Gasteiger partial charge in [0, 0.05) is 18.2 Å². The van der Waals surface area contributed by atoms with Crippen LogP contribution in [0.25, 0.3) is 0 Å². The Balaban J connectivity index is 1.34. The summed E-state index contributed by atoms with van der Waals surface area (Å²) in [7, 11) is -3.22. The summed E-state index contributed by atoms with van der Waals surface area (Å²) < 4.78 is 24.7. The van der Waals surface area contributed by atoms with Crippen molar-refractivity contribution in [1.82, 2.24) is 4.90 Å². The molecule has 0 aromatic heterocycles. The Morgan fingerprint density at radius 1 is 1.03 bits per heavy atom. The van der Waals surface area contributed by atoms with Gasteiger partial charge in [0.1, 0.15) is 0 Å². The molecule has 5 nitrogen and oxygen atoms in total. The van der Waals surface area contributed by atoms with Gasteiger partial charge in [-0.2, -0.15) is 0 Å². The van der Waals surface area contributed by atoms with Crippen LogP contribution in [0.2, 0.25) is 0 Å². The minimum Gasteiger partial charge on any atom is -0.326 e. The van der Waals surface area contributed by atoms with Crippen LogP contribution in [0.1, 0.15) is 68.6 Å². The third-order valence-electron chi connectivity index (χ3n) is 7.33. The molecule has 1 aliphatic heterocycles. The zero-order valence-corrected chi connectivity index (χ0v) is 20.8. The van der Waals surface area contributed by atoms with E-state index in [1.54, 1.807) is 26.0 Å². The molecular formula is C27H36N2O3S. The zero-order valence-electron chi connectivity index (χ0n) is 20.0. The molecule has 1 N–H and O–H groups in total. The zero-order chi connectivity index (χ0) is 23.6. The number of amides is 1. The van der Waals surface area contributed by atoms with E-state index < -0.39 is 15.1 Å². The summed E-state index contributed by atoms with van der Waals surface area (Å²) in [5.74, 6) is 0.857. The van der Waals surface area contributed by atoms with Crippen molar-refractivity contribution in [3.05, 3.63) is 59.2 Å². The van der Waals surface area contributed by atoms with Gasteiger partial charge in [-0.15, -0.1) is 0 Å². The second-order valence-electron chi connectivity index (χ2n) is 9.98. The van der Waals surface area contributed by atoms with Gasteiger partial charge in [-0.3, -0.25) is 9.69 Å². The number of likely N-dealkylation sites (tertiary alicyclic amines) is 1. The first-order chi connectivity index (χ1) is 15.7. The minimum absolute atomic E-state index is 0.165. The number of hydrogen-bond acceptors (Lipinski definition) is 4. The molecule has 1 amide bonds. The van der Waals surface area contributed by atoms with Gasteiger partial charge < -0.3 is 5.32 Å². The number of carbonyl (C=O) groups is 1. The first-order valence-corrected chi connectivity index (χ1v) is 13.8. The van der Waals surface area contributed by atoms with Crippen molar-refractivity contribution in [2.24, 2.45) is 5.92 Å². The van der Waals surface area contributed by atoms with Crippen molar-refractivity contribution in [1.29, 1.82) is 0 Å². The standard InChI is InChI=1S/C27H36N2O3S/c1-19(2)33(31,32)25-11-8-21(9-12-25)18-29-15-13-22(14-16-29)26-17-24(10-7-20(26)3)28-27(30)23-5-4-6-23/h7-12,17,19,22-23H,4-6,13-16,18H2,1-3H3,(H,28,30). The number of hydrogen-bond donors (Lipinski definition) is 1. The first kappa shape index (κ1) is 24.0. The van der Waals surface area contributed by atoms with Crippen LogP contribution in [-0.2, 0) is 21.2 Å². The number of anilines is 1. The van der Waals surface area contributed by atoms with E-state index >= 15 is 0 Å². The molecule has 2 aromatic carbocycles. The Hall–Kier alpha value is -2.18. The summed E-state index contributed by atoms with van der Waals surface area (Å²) in [6.07, 6.45) is 5.36. The van der Waals surface area contributed by atoms with Crippen molar-refractivity contribution in [3.8, 4) is 0 Å². The third-order valence-corrected chi connectivity index (χ3v) is 9.50. The molecule has 0 atom stereocenters. The van der Waals surface area contributed by atoms with Crippen molar-refractivity contribution in [3.63, 3.8) is 0 Å². The molecule has 6 heteroatoms. The van der Waals surface area contributed by atoms with Gasteiger partial charge in [-0.25, -0.2) is 8.42 Å². The van der Waals surface area contributed by atoms with Gasteiger partial charge >= 0.3 is 0 Å². The van der Waals surface area contributed by atoms with Crippen LogP contribution in [-0.4, -0.2) is 37.6 Å². The van der Waals surface area contributed by atoms with E-state index in [2.05, 4.69) is 29.3 Å². The maximum absolute atomic E-state index is 12.3. The van der Waals surface area contributed by atoms with E-state index in [-0.39, 0.29) is 11.8 Å². The Morgan fingerprint density at radius 3 is 2.27 bits per heavy atom. The summed E-state index contributed by atoms with van der Waals surface area (Å²) in [5.41, 5.74) is 4.71. The highest BCUT2D eigenvalue weighted by Crippen LogP contribution is 2.33. The maximum Gasteiger partial charge on any atom is 0.227 e. The molecule has 1 saturated heterocycles.